The van der Waals surface area contributed by atoms with Gasteiger partial charge in [-0.3, -0.25) is 0 Å². The molecule has 0 aliphatic heterocycles. The lowest BCUT2D eigenvalue weighted by atomic mass is 10.2. The monoisotopic (exact) mass is 286 g/mol. The molecule has 2 rings (SSSR count). The Kier molecular flexibility index (Phi) is 5.46. The Morgan fingerprint density at radius 1 is 1.18 bits per heavy atom. The molecule has 17 heavy (non-hydrogen) atoms. The van der Waals surface area contributed by atoms with Crippen molar-refractivity contribution in [1.29, 1.82) is 0 Å². The topological polar surface area (TPSA) is 63.1 Å². The number of thiol groups is 2. The van der Waals surface area contributed by atoms with Gasteiger partial charge < -0.3 is 5.11 Å². The lowest BCUT2D eigenvalue weighted by Gasteiger charge is -1.92. The second-order valence-corrected chi connectivity index (χ2v) is 5.47. The molecule has 0 amide bonds. The molecule has 4 nitrogen and oxygen atoms in total. The van der Waals surface area contributed by atoms with E-state index >= 15 is 0 Å². The van der Waals surface area contributed by atoms with Crippen LogP contribution in [-0.2, 0) is 0 Å². The van der Waals surface area contributed by atoms with Crippen molar-refractivity contribution >= 4 is 42.6 Å². The fourth-order valence-corrected chi connectivity index (χ4v) is 2.06. The van der Waals surface area contributed by atoms with Crippen molar-refractivity contribution in [3.63, 3.8) is 0 Å². The van der Waals surface area contributed by atoms with E-state index in [1.54, 1.807) is 24.3 Å². The van der Waals surface area contributed by atoms with Gasteiger partial charge in [-0.2, -0.15) is 0 Å². The van der Waals surface area contributed by atoms with Crippen LogP contribution in [0.25, 0.3) is 0 Å². The quantitative estimate of drug-likeness (QED) is 0.705. The van der Waals surface area contributed by atoms with Gasteiger partial charge in [0.15, 0.2) is 8.68 Å². The second kappa shape index (κ2) is 6.63. The maximum Gasteiger partial charge on any atom is 0.335 e. The van der Waals surface area contributed by atoms with Gasteiger partial charge in [0.05, 0.1) is 5.56 Å². The number of aromatic carboxylic acids is 1. The molecule has 0 saturated carbocycles. The van der Waals surface area contributed by atoms with E-state index in [-0.39, 0.29) is 0 Å². The van der Waals surface area contributed by atoms with Crippen LogP contribution in [0.2, 0.25) is 0 Å². The van der Waals surface area contributed by atoms with Gasteiger partial charge >= 0.3 is 5.97 Å². The zero-order chi connectivity index (χ0) is 12.8. The first-order chi connectivity index (χ1) is 7.99. The Balaban J connectivity index is 0.000000181. The Bertz CT molecular complexity index is 480. The second-order valence-electron chi connectivity index (χ2n) is 3.04. The smallest absolute Gasteiger partial charge is 0.335 e. The lowest BCUT2D eigenvalue weighted by molar-refractivity contribution is 0.0697. The number of aromatic nitrogens is 2. The molecule has 0 saturated heterocycles. The Morgan fingerprint density at radius 3 is 1.94 bits per heavy atom. The first kappa shape index (κ1) is 14.0. The number of carboxylic acid groups (broad SMARTS) is 1. The largest absolute Gasteiger partial charge is 0.478 e. The predicted molar refractivity (Wildman–Crippen MR) is 72.6 cm³/mol. The van der Waals surface area contributed by atoms with Crippen LogP contribution in [0.5, 0.6) is 0 Å². The summed E-state index contributed by atoms with van der Waals surface area (Å²) in [4.78, 5) is 10.3. The molecule has 90 valence electrons. The minimum atomic E-state index is -0.875. The van der Waals surface area contributed by atoms with Crippen LogP contribution in [0.15, 0.2) is 32.9 Å². The van der Waals surface area contributed by atoms with Crippen LogP contribution in [0.1, 0.15) is 15.9 Å². The standard InChI is InChI=1S/C8H8O2.C2H2N2S3/c1-6-2-4-7(5-3-6)8(9)10;5-1-3-4-2(6)7-1/h2-5H,1H3,(H,9,10);(H,3,5)(H,4,6). The first-order valence-electron chi connectivity index (χ1n) is 4.50. The Morgan fingerprint density at radius 2 is 1.65 bits per heavy atom. The molecule has 0 unspecified atom stereocenters. The van der Waals surface area contributed by atoms with Gasteiger partial charge in [-0.1, -0.05) is 29.0 Å². The van der Waals surface area contributed by atoms with Gasteiger partial charge in [-0.15, -0.1) is 35.5 Å². The molecular weight excluding hydrogens is 276 g/mol. The Hall–Kier alpha value is -1.05. The molecule has 0 radical (unpaired) electrons. The minimum Gasteiger partial charge on any atom is -0.478 e. The van der Waals surface area contributed by atoms with Crippen molar-refractivity contribution in [2.45, 2.75) is 15.6 Å². The van der Waals surface area contributed by atoms with E-state index in [1.165, 1.54) is 11.3 Å². The van der Waals surface area contributed by atoms with Gasteiger partial charge in [0, 0.05) is 0 Å². The number of carbonyl (C=O) groups is 1. The highest BCUT2D eigenvalue weighted by Crippen LogP contribution is 2.15. The fourth-order valence-electron chi connectivity index (χ4n) is 0.904. The molecule has 0 fully saturated rings. The van der Waals surface area contributed by atoms with E-state index < -0.39 is 5.97 Å². The van der Waals surface area contributed by atoms with Crippen molar-refractivity contribution in [1.82, 2.24) is 10.2 Å². The number of aryl methyl sites for hydroxylation is 1. The van der Waals surface area contributed by atoms with Gasteiger partial charge in [0.2, 0.25) is 0 Å². The van der Waals surface area contributed by atoms with E-state index in [1.807, 2.05) is 6.92 Å². The van der Waals surface area contributed by atoms with Crippen LogP contribution >= 0.6 is 36.6 Å². The van der Waals surface area contributed by atoms with Gasteiger partial charge in [0.1, 0.15) is 0 Å². The maximum atomic E-state index is 10.3. The molecule has 0 bridgehead atoms. The van der Waals surface area contributed by atoms with Crippen molar-refractivity contribution in [2.75, 3.05) is 0 Å². The maximum absolute atomic E-state index is 10.3. The lowest BCUT2D eigenvalue weighted by Crippen LogP contribution is -1.94. The molecular formula is C10H10N2O2S3. The average Bonchev–Trinajstić information content (AvgIpc) is 2.64. The highest BCUT2D eigenvalue weighted by Gasteiger charge is 1.98. The summed E-state index contributed by atoms with van der Waals surface area (Å²) in [6.45, 7) is 1.92. The zero-order valence-electron chi connectivity index (χ0n) is 8.86. The summed E-state index contributed by atoms with van der Waals surface area (Å²) >= 11 is 9.15. The number of hydrogen-bond donors (Lipinski definition) is 3. The summed E-state index contributed by atoms with van der Waals surface area (Å²) < 4.78 is 1.31. The third kappa shape index (κ3) is 5.20. The van der Waals surface area contributed by atoms with Gasteiger partial charge in [-0.25, -0.2) is 4.79 Å². The third-order valence-corrected chi connectivity index (χ3v) is 2.96. The summed E-state index contributed by atoms with van der Waals surface area (Å²) in [6, 6.07) is 6.75. The number of rotatable bonds is 1. The molecule has 1 aromatic heterocycles. The van der Waals surface area contributed by atoms with Crippen LogP contribution in [-0.4, -0.2) is 21.3 Å². The summed E-state index contributed by atoms with van der Waals surface area (Å²) in [7, 11) is 0. The molecule has 0 aliphatic rings. The number of nitrogens with zero attached hydrogens (tertiary/aromatic N) is 2. The SMILES string of the molecule is Cc1ccc(C(=O)O)cc1.Sc1nnc(S)s1. The van der Waals surface area contributed by atoms with E-state index in [0.717, 1.165) is 5.56 Å². The van der Waals surface area contributed by atoms with Crippen molar-refractivity contribution in [3.05, 3.63) is 35.4 Å². The van der Waals surface area contributed by atoms with Crippen LogP contribution in [0, 0.1) is 6.92 Å². The molecule has 0 spiro atoms. The summed E-state index contributed by atoms with van der Waals surface area (Å²) in [6.07, 6.45) is 0. The fraction of sp³-hybridized carbons (Fsp3) is 0.100. The van der Waals surface area contributed by atoms with E-state index in [2.05, 4.69) is 35.5 Å². The van der Waals surface area contributed by atoms with Crippen molar-refractivity contribution in [3.8, 4) is 0 Å². The molecule has 7 heteroatoms. The first-order valence-corrected chi connectivity index (χ1v) is 6.21. The van der Waals surface area contributed by atoms with E-state index in [9.17, 15) is 4.79 Å². The summed E-state index contributed by atoms with van der Waals surface area (Å²) in [5.74, 6) is -0.875. The van der Waals surface area contributed by atoms with Crippen LogP contribution < -0.4 is 0 Å². The minimum absolute atomic E-state index is 0.339. The van der Waals surface area contributed by atoms with Gasteiger partial charge in [0.25, 0.3) is 0 Å². The normalized spacial score (nSPS) is 9.35. The predicted octanol–water partition coefficient (Wildman–Crippen LogP) is 2.81. The average molecular weight is 286 g/mol. The van der Waals surface area contributed by atoms with Gasteiger partial charge in [-0.05, 0) is 19.1 Å². The molecule has 1 heterocycles. The highest BCUT2D eigenvalue weighted by molar-refractivity contribution is 7.85. The molecule has 0 aliphatic carbocycles. The number of hydrogen-bond acceptors (Lipinski definition) is 6. The Labute approximate surface area is 114 Å². The number of benzene rings is 1. The van der Waals surface area contributed by atoms with Crippen LogP contribution in [0.4, 0.5) is 0 Å². The van der Waals surface area contributed by atoms with Crippen molar-refractivity contribution < 1.29 is 9.90 Å². The highest BCUT2D eigenvalue weighted by atomic mass is 32.2. The van der Waals surface area contributed by atoms with E-state index in [0.29, 0.717) is 14.2 Å². The van der Waals surface area contributed by atoms with Crippen molar-refractivity contribution in [2.24, 2.45) is 0 Å². The molecule has 1 N–H and O–H groups in total. The van der Waals surface area contributed by atoms with Crippen LogP contribution in [0.3, 0.4) is 0 Å². The summed E-state index contributed by atoms with van der Waals surface area (Å²) in [5, 5.41) is 15.6. The molecule has 0 atom stereocenters. The molecule has 2 aromatic rings. The number of carboxylic acids is 1. The zero-order valence-corrected chi connectivity index (χ0v) is 11.5. The molecule has 1 aromatic carbocycles. The third-order valence-electron chi connectivity index (χ3n) is 1.70. The van der Waals surface area contributed by atoms with E-state index in [4.69, 9.17) is 5.11 Å². The summed E-state index contributed by atoms with van der Waals surface area (Å²) in [5.41, 5.74) is 1.41.